The normalized spacial score (nSPS) is 10.3. The van der Waals surface area contributed by atoms with Gasteiger partial charge in [0.05, 0.1) is 12.2 Å². The van der Waals surface area contributed by atoms with Gasteiger partial charge in [0.15, 0.2) is 0 Å². The van der Waals surface area contributed by atoms with Crippen molar-refractivity contribution in [3.05, 3.63) is 34.9 Å². The van der Waals surface area contributed by atoms with Crippen LogP contribution < -0.4 is 5.90 Å². The van der Waals surface area contributed by atoms with Gasteiger partial charge < -0.3 is 0 Å². The van der Waals surface area contributed by atoms with E-state index in [1.807, 2.05) is 0 Å². The van der Waals surface area contributed by atoms with Crippen molar-refractivity contribution in [2.45, 2.75) is 13.5 Å². The second kappa shape index (κ2) is 3.60. The highest BCUT2D eigenvalue weighted by atomic mass is 19.1. The van der Waals surface area contributed by atoms with Gasteiger partial charge in [-0.15, -0.1) is 0 Å². The van der Waals surface area contributed by atoms with Gasteiger partial charge in [0.25, 0.3) is 0 Å². The summed E-state index contributed by atoms with van der Waals surface area (Å²) < 4.78 is 25.8. The highest BCUT2D eigenvalue weighted by Gasteiger charge is 2.08. The molecule has 1 aromatic rings. The van der Waals surface area contributed by atoms with Crippen molar-refractivity contribution in [2.24, 2.45) is 5.90 Å². The molecule has 0 radical (unpaired) electrons. The zero-order chi connectivity index (χ0) is 9.14. The summed E-state index contributed by atoms with van der Waals surface area (Å²) in [5.74, 6) is 3.45. The second-order valence-corrected chi connectivity index (χ2v) is 2.52. The van der Waals surface area contributed by atoms with Crippen molar-refractivity contribution < 1.29 is 13.6 Å². The Kier molecular flexibility index (Phi) is 2.73. The minimum absolute atomic E-state index is 0.136. The van der Waals surface area contributed by atoms with E-state index in [1.165, 1.54) is 12.1 Å². The molecule has 0 heterocycles. The van der Waals surface area contributed by atoms with Crippen LogP contribution in [0.3, 0.4) is 0 Å². The molecule has 2 N–H and O–H groups in total. The van der Waals surface area contributed by atoms with Gasteiger partial charge >= 0.3 is 0 Å². The number of halogens is 2. The molecule has 0 saturated carbocycles. The van der Waals surface area contributed by atoms with Crippen molar-refractivity contribution >= 4 is 0 Å². The fourth-order valence-electron chi connectivity index (χ4n) is 0.951. The second-order valence-electron chi connectivity index (χ2n) is 2.52. The molecule has 0 unspecified atom stereocenters. The summed E-state index contributed by atoms with van der Waals surface area (Å²) >= 11 is 0. The van der Waals surface area contributed by atoms with Gasteiger partial charge in [-0.2, -0.15) is 0 Å². The van der Waals surface area contributed by atoms with Crippen LogP contribution >= 0.6 is 0 Å². The predicted octanol–water partition coefficient (Wildman–Crippen LogP) is 1.66. The van der Waals surface area contributed by atoms with Gasteiger partial charge in [-0.25, -0.2) is 14.7 Å². The maximum atomic E-state index is 12.9. The lowest BCUT2D eigenvalue weighted by Crippen LogP contribution is -2.04. The summed E-state index contributed by atoms with van der Waals surface area (Å²) in [6, 6.07) is 2.47. The van der Waals surface area contributed by atoms with Crippen LogP contribution in [-0.2, 0) is 11.4 Å². The first-order chi connectivity index (χ1) is 5.65. The topological polar surface area (TPSA) is 35.2 Å². The lowest BCUT2D eigenvalue weighted by molar-refractivity contribution is 0.118. The maximum absolute atomic E-state index is 12.9. The monoisotopic (exact) mass is 173 g/mol. The Morgan fingerprint density at radius 3 is 2.25 bits per heavy atom. The zero-order valence-corrected chi connectivity index (χ0v) is 6.60. The molecule has 4 heteroatoms. The van der Waals surface area contributed by atoms with E-state index in [4.69, 9.17) is 5.90 Å². The Bertz CT molecular complexity index is 265. The van der Waals surface area contributed by atoms with Gasteiger partial charge in [-0.3, -0.25) is 4.84 Å². The van der Waals surface area contributed by atoms with E-state index in [0.29, 0.717) is 5.56 Å². The molecule has 0 aromatic heterocycles. The molecule has 0 aliphatic heterocycles. The summed E-state index contributed by atoms with van der Waals surface area (Å²) in [6.07, 6.45) is 0. The van der Waals surface area contributed by atoms with Gasteiger partial charge in [-0.05, 0) is 24.6 Å². The van der Waals surface area contributed by atoms with Crippen LogP contribution in [0.25, 0.3) is 0 Å². The summed E-state index contributed by atoms with van der Waals surface area (Å²) in [6.45, 7) is 1.36. The molecule has 0 aliphatic rings. The Balaban J connectivity index is 3.10. The summed E-state index contributed by atoms with van der Waals surface area (Å²) in [7, 11) is 0. The lowest BCUT2D eigenvalue weighted by atomic mass is 10.1. The number of rotatable bonds is 2. The largest absolute Gasteiger partial charge is 0.300 e. The van der Waals surface area contributed by atoms with Crippen LogP contribution in [0.4, 0.5) is 8.78 Å². The Hall–Kier alpha value is -1.00. The first kappa shape index (κ1) is 9.09. The molecular formula is C8H9F2NO. The van der Waals surface area contributed by atoms with Gasteiger partial charge in [0.1, 0.15) is 11.6 Å². The molecule has 0 aliphatic carbocycles. The zero-order valence-electron chi connectivity index (χ0n) is 6.60. The molecule has 0 amide bonds. The molecule has 0 spiro atoms. The average Bonchev–Trinajstić information content (AvgIpc) is 1.96. The van der Waals surface area contributed by atoms with Crippen molar-refractivity contribution in [1.82, 2.24) is 0 Å². The van der Waals surface area contributed by atoms with Gasteiger partial charge in [-0.1, -0.05) is 0 Å². The van der Waals surface area contributed by atoms with E-state index in [9.17, 15) is 8.78 Å². The van der Waals surface area contributed by atoms with Crippen molar-refractivity contribution in [1.29, 1.82) is 0 Å². The van der Waals surface area contributed by atoms with E-state index in [1.54, 1.807) is 6.92 Å². The number of benzene rings is 1. The van der Waals surface area contributed by atoms with Crippen LogP contribution in [0, 0.1) is 18.6 Å². The molecule has 12 heavy (non-hydrogen) atoms. The standard InChI is InChI=1S/C8H9F2NO/c1-5-2-7(9)6(4-12-11)8(10)3-5/h2-3H,4,11H2,1H3. The summed E-state index contributed by atoms with van der Waals surface area (Å²) in [4.78, 5) is 4.15. The molecule has 66 valence electrons. The van der Waals surface area contributed by atoms with Crippen LogP contribution in [-0.4, -0.2) is 0 Å². The molecule has 0 saturated heterocycles. The number of nitrogens with two attached hydrogens (primary N) is 1. The minimum Gasteiger partial charge on any atom is -0.300 e. The fourth-order valence-corrected chi connectivity index (χ4v) is 0.951. The van der Waals surface area contributed by atoms with E-state index >= 15 is 0 Å². The van der Waals surface area contributed by atoms with Crippen LogP contribution in [0.1, 0.15) is 11.1 Å². The molecule has 1 rings (SSSR count). The van der Waals surface area contributed by atoms with E-state index in [2.05, 4.69) is 4.84 Å². The molecule has 0 atom stereocenters. The highest BCUT2D eigenvalue weighted by Crippen LogP contribution is 2.15. The Labute approximate surface area is 68.9 Å². The number of aryl methyl sites for hydroxylation is 1. The van der Waals surface area contributed by atoms with Crippen LogP contribution in [0.15, 0.2) is 12.1 Å². The van der Waals surface area contributed by atoms with Gasteiger partial charge in [0, 0.05) is 0 Å². The molecule has 0 fully saturated rings. The van der Waals surface area contributed by atoms with Crippen LogP contribution in [0.5, 0.6) is 0 Å². The quantitative estimate of drug-likeness (QED) is 0.690. The van der Waals surface area contributed by atoms with E-state index < -0.39 is 11.6 Å². The Morgan fingerprint density at radius 1 is 1.33 bits per heavy atom. The molecular weight excluding hydrogens is 164 g/mol. The Morgan fingerprint density at radius 2 is 1.83 bits per heavy atom. The number of hydrogen-bond donors (Lipinski definition) is 1. The first-order valence-corrected chi connectivity index (χ1v) is 3.41. The van der Waals surface area contributed by atoms with E-state index in [-0.39, 0.29) is 12.2 Å². The summed E-state index contributed by atoms with van der Waals surface area (Å²) in [5.41, 5.74) is 0.397. The predicted molar refractivity (Wildman–Crippen MR) is 40.1 cm³/mol. The number of hydrogen-bond acceptors (Lipinski definition) is 2. The summed E-state index contributed by atoms with van der Waals surface area (Å²) in [5, 5.41) is 0. The third-order valence-electron chi connectivity index (χ3n) is 1.51. The van der Waals surface area contributed by atoms with Gasteiger partial charge in [0.2, 0.25) is 0 Å². The van der Waals surface area contributed by atoms with Crippen LogP contribution in [0.2, 0.25) is 0 Å². The van der Waals surface area contributed by atoms with E-state index in [0.717, 1.165) is 0 Å². The maximum Gasteiger partial charge on any atom is 0.132 e. The van der Waals surface area contributed by atoms with Crippen molar-refractivity contribution in [3.63, 3.8) is 0 Å². The lowest BCUT2D eigenvalue weighted by Gasteiger charge is -2.03. The third-order valence-corrected chi connectivity index (χ3v) is 1.51. The first-order valence-electron chi connectivity index (χ1n) is 3.41. The smallest absolute Gasteiger partial charge is 0.132 e. The minimum atomic E-state index is -0.627. The molecule has 2 nitrogen and oxygen atoms in total. The highest BCUT2D eigenvalue weighted by molar-refractivity contribution is 5.24. The average molecular weight is 173 g/mol. The third kappa shape index (κ3) is 1.78. The molecule has 0 bridgehead atoms. The molecule has 1 aromatic carbocycles. The SMILES string of the molecule is Cc1cc(F)c(CON)c(F)c1. The van der Waals surface area contributed by atoms with Crippen molar-refractivity contribution in [2.75, 3.05) is 0 Å². The fraction of sp³-hybridized carbons (Fsp3) is 0.250. The van der Waals surface area contributed by atoms with Crippen molar-refractivity contribution in [3.8, 4) is 0 Å².